The zero-order chi connectivity index (χ0) is 23.1. The van der Waals surface area contributed by atoms with Gasteiger partial charge in [0, 0.05) is 17.5 Å². The lowest BCUT2D eigenvalue weighted by atomic mass is 9.92. The van der Waals surface area contributed by atoms with E-state index in [2.05, 4.69) is 0 Å². The quantitative estimate of drug-likeness (QED) is 0.416. The Hall–Kier alpha value is -2.34. The van der Waals surface area contributed by atoms with Crippen LogP contribution in [0.1, 0.15) is 30.1 Å². The third-order valence-corrected chi connectivity index (χ3v) is 6.85. The number of halogens is 5. The molecule has 1 aromatic heterocycles. The fraction of sp³-hybridized carbons (Fsp3) is 0.368. The fourth-order valence-corrected chi connectivity index (χ4v) is 5.27. The maximum atomic E-state index is 14.4. The molecule has 5 nitrogen and oxygen atoms in total. The number of fused-ring (bicyclic) bond motifs is 1. The highest BCUT2D eigenvalue weighted by Gasteiger charge is 2.44. The van der Waals surface area contributed by atoms with Gasteiger partial charge in [-0.25, -0.2) is 13.2 Å². The van der Waals surface area contributed by atoms with Crippen LogP contribution in [-0.2, 0) is 9.53 Å². The van der Waals surface area contributed by atoms with Gasteiger partial charge in [0.2, 0.25) is 0 Å². The Morgan fingerprint density at radius 2 is 2.10 bits per heavy atom. The molecule has 0 fully saturated rings. The van der Waals surface area contributed by atoms with Gasteiger partial charge in [0.05, 0.1) is 29.3 Å². The maximum Gasteiger partial charge on any atom is 0.358 e. The molecule has 0 saturated heterocycles. The summed E-state index contributed by atoms with van der Waals surface area (Å²) in [5.41, 5.74) is 0.976. The summed E-state index contributed by atoms with van der Waals surface area (Å²) in [4.78, 5) is 25.6. The van der Waals surface area contributed by atoms with Gasteiger partial charge in [0.1, 0.15) is 5.83 Å². The number of allylic oxidation sites excluding steroid dienone is 2. The van der Waals surface area contributed by atoms with Gasteiger partial charge in [-0.2, -0.15) is 8.78 Å². The van der Waals surface area contributed by atoms with E-state index in [1.54, 1.807) is 0 Å². The number of alkyl halides is 4. The number of nitrogens with zero attached hydrogens (tertiary/aromatic N) is 1. The molecule has 0 aromatic carbocycles. The minimum Gasteiger partial charge on any atom is -0.494 e. The summed E-state index contributed by atoms with van der Waals surface area (Å²) >= 11 is 0.352. The van der Waals surface area contributed by atoms with Crippen molar-refractivity contribution in [2.24, 2.45) is 0 Å². The molecule has 2 heterocycles. The number of carbonyl (C=O) groups is 2. The molecule has 12 heteroatoms. The number of thioether (sulfide) groups is 1. The first-order chi connectivity index (χ1) is 14.5. The van der Waals surface area contributed by atoms with E-state index in [-0.39, 0.29) is 39.4 Å². The normalized spacial score (nSPS) is 19.2. The molecular formula is C19H16F5NO4S2. The molecule has 2 aliphatic rings. The second-order valence-electron chi connectivity index (χ2n) is 6.72. The molecule has 0 spiro atoms. The fourth-order valence-electron chi connectivity index (χ4n) is 3.45. The van der Waals surface area contributed by atoms with Crippen LogP contribution >= 0.6 is 23.1 Å². The van der Waals surface area contributed by atoms with Gasteiger partial charge >= 0.3 is 17.6 Å². The predicted octanol–water partition coefficient (Wildman–Crippen LogP) is 5.43. The molecule has 1 atom stereocenters. The summed E-state index contributed by atoms with van der Waals surface area (Å²) in [6.07, 6.45) is -3.20. The molecule has 1 amide bonds. The summed E-state index contributed by atoms with van der Waals surface area (Å²) in [6, 6.07) is 0.231. The molecule has 1 aromatic rings. The van der Waals surface area contributed by atoms with E-state index in [4.69, 9.17) is 4.74 Å². The van der Waals surface area contributed by atoms with Crippen LogP contribution in [0.3, 0.4) is 0 Å². The Labute approximate surface area is 181 Å². The molecule has 1 aliphatic carbocycles. The van der Waals surface area contributed by atoms with Crippen molar-refractivity contribution in [3.63, 3.8) is 0 Å². The Bertz CT molecular complexity index is 1010. The number of amides is 1. The summed E-state index contributed by atoms with van der Waals surface area (Å²) in [6.45, 7) is 1.51. The Balaban J connectivity index is 1.94. The summed E-state index contributed by atoms with van der Waals surface area (Å²) < 4.78 is 70.7. The first kappa shape index (κ1) is 23.3. The minimum absolute atomic E-state index is 0.0465. The van der Waals surface area contributed by atoms with Gasteiger partial charge in [-0.3, -0.25) is 9.59 Å². The Kier molecular flexibility index (Phi) is 6.51. The van der Waals surface area contributed by atoms with Crippen LogP contribution < -0.4 is 0 Å². The molecule has 0 bridgehead atoms. The molecule has 31 heavy (non-hydrogen) atoms. The van der Waals surface area contributed by atoms with Crippen molar-refractivity contribution in [2.45, 2.75) is 41.7 Å². The monoisotopic (exact) mass is 481 g/mol. The van der Waals surface area contributed by atoms with Gasteiger partial charge in [-0.1, -0.05) is 0 Å². The molecule has 3 rings (SSSR count). The van der Waals surface area contributed by atoms with Gasteiger partial charge in [0.25, 0.3) is 5.91 Å². The number of ether oxygens (including phenoxy) is 1. The number of carbonyl (C=O) groups excluding carboxylic acids is 1. The lowest BCUT2D eigenvalue weighted by Crippen LogP contribution is -2.37. The van der Waals surface area contributed by atoms with Crippen molar-refractivity contribution >= 4 is 35.0 Å². The molecule has 0 radical (unpaired) electrons. The number of hydrogen-bond donors (Lipinski definition) is 1. The van der Waals surface area contributed by atoms with E-state index in [1.165, 1.54) is 30.4 Å². The van der Waals surface area contributed by atoms with Crippen LogP contribution in [0.4, 0.5) is 22.0 Å². The molecule has 1 aliphatic heterocycles. The van der Waals surface area contributed by atoms with Crippen LogP contribution in [0.5, 0.6) is 0 Å². The third kappa shape index (κ3) is 4.49. The largest absolute Gasteiger partial charge is 0.494 e. The maximum absolute atomic E-state index is 14.4. The van der Waals surface area contributed by atoms with Crippen molar-refractivity contribution < 1.29 is 41.4 Å². The van der Waals surface area contributed by atoms with Crippen molar-refractivity contribution in [1.29, 1.82) is 0 Å². The van der Waals surface area contributed by atoms with E-state index in [0.29, 0.717) is 22.5 Å². The van der Waals surface area contributed by atoms with E-state index in [0.717, 1.165) is 6.07 Å². The SMILES string of the molecule is COC1=C(F)CC2C(=C1)C(CC(=O)O)=C(C)N2C(=O)c1csc(SC(F)(F)C(F)F)c1. The summed E-state index contributed by atoms with van der Waals surface area (Å²) in [5, 5.41) is 6.17. The molecule has 168 valence electrons. The number of aliphatic carboxylic acids is 1. The van der Waals surface area contributed by atoms with Crippen LogP contribution in [-0.4, -0.2) is 46.7 Å². The predicted molar refractivity (Wildman–Crippen MR) is 104 cm³/mol. The summed E-state index contributed by atoms with van der Waals surface area (Å²) in [7, 11) is 1.26. The highest BCUT2D eigenvalue weighted by molar-refractivity contribution is 8.02. The van der Waals surface area contributed by atoms with Crippen molar-refractivity contribution in [2.75, 3.05) is 7.11 Å². The van der Waals surface area contributed by atoms with Crippen molar-refractivity contribution in [1.82, 2.24) is 4.90 Å². The van der Waals surface area contributed by atoms with Crippen LogP contribution in [0.25, 0.3) is 0 Å². The minimum atomic E-state index is -4.31. The van der Waals surface area contributed by atoms with Crippen molar-refractivity contribution in [3.8, 4) is 0 Å². The number of carboxylic acids is 1. The van der Waals surface area contributed by atoms with Gasteiger partial charge in [-0.15, -0.1) is 11.3 Å². The average Bonchev–Trinajstić information content (AvgIpc) is 3.23. The smallest absolute Gasteiger partial charge is 0.358 e. The van der Waals surface area contributed by atoms with Crippen LogP contribution in [0.15, 0.2) is 50.2 Å². The topological polar surface area (TPSA) is 66.8 Å². The van der Waals surface area contributed by atoms with E-state index in [1.807, 2.05) is 0 Å². The molecular weight excluding hydrogens is 465 g/mol. The highest BCUT2D eigenvalue weighted by atomic mass is 32.2. The lowest BCUT2D eigenvalue weighted by Gasteiger charge is -2.29. The number of thiophene rings is 1. The molecule has 1 unspecified atom stereocenters. The lowest BCUT2D eigenvalue weighted by molar-refractivity contribution is -0.136. The number of methoxy groups -OCH3 is 1. The van der Waals surface area contributed by atoms with Crippen molar-refractivity contribution in [3.05, 3.63) is 51.5 Å². The average molecular weight is 481 g/mol. The van der Waals surface area contributed by atoms with Crippen LogP contribution in [0.2, 0.25) is 0 Å². The zero-order valence-corrected chi connectivity index (χ0v) is 17.8. The Morgan fingerprint density at radius 3 is 2.68 bits per heavy atom. The second-order valence-corrected chi connectivity index (χ2v) is 9.08. The Morgan fingerprint density at radius 1 is 1.42 bits per heavy atom. The third-order valence-electron chi connectivity index (χ3n) is 4.82. The van der Waals surface area contributed by atoms with Gasteiger partial charge < -0.3 is 14.7 Å². The highest BCUT2D eigenvalue weighted by Crippen LogP contribution is 2.45. The first-order valence-corrected chi connectivity index (χ1v) is 10.5. The van der Waals surface area contributed by atoms with E-state index < -0.39 is 41.8 Å². The zero-order valence-electron chi connectivity index (χ0n) is 16.1. The van der Waals surface area contributed by atoms with E-state index in [9.17, 15) is 36.6 Å². The van der Waals surface area contributed by atoms with E-state index >= 15 is 0 Å². The number of carboxylic acid groups (broad SMARTS) is 1. The number of hydrogen-bond acceptors (Lipinski definition) is 5. The van der Waals surface area contributed by atoms with Gasteiger partial charge in [0.15, 0.2) is 5.76 Å². The van der Waals surface area contributed by atoms with Gasteiger partial charge in [-0.05, 0) is 42.0 Å². The number of rotatable bonds is 7. The summed E-state index contributed by atoms with van der Waals surface area (Å²) in [5.74, 6) is -2.53. The molecule has 1 N–H and O–H groups in total. The first-order valence-electron chi connectivity index (χ1n) is 8.79. The van der Waals surface area contributed by atoms with Crippen LogP contribution in [0, 0.1) is 0 Å². The molecule has 0 saturated carbocycles. The second kappa shape index (κ2) is 8.65. The standard InChI is InChI=1S/C19H16F5NO4S2/c1-8-10(5-15(26)27)11-4-14(29-2)12(20)6-13(11)25(8)17(28)9-3-16(30-7-9)31-19(23,24)18(21)22/h3-4,7,13,18H,5-6H2,1-2H3,(H,26,27).